The van der Waals surface area contributed by atoms with Crippen molar-refractivity contribution in [1.29, 1.82) is 0 Å². The Balaban J connectivity index is 3.05. The summed E-state index contributed by atoms with van der Waals surface area (Å²) in [6.45, 7) is 14.9. The van der Waals surface area contributed by atoms with Crippen LogP contribution in [-0.4, -0.2) is 29.5 Å². The van der Waals surface area contributed by atoms with Crippen molar-refractivity contribution in [2.45, 2.75) is 51.5 Å². The van der Waals surface area contributed by atoms with Crippen LogP contribution < -0.4 is 5.32 Å². The molecular formula is C18H29N3S. The Morgan fingerprint density at radius 3 is 2.41 bits per heavy atom. The summed E-state index contributed by atoms with van der Waals surface area (Å²) in [5.41, 5.74) is 4.31. The van der Waals surface area contributed by atoms with Gasteiger partial charge in [-0.05, 0) is 71.5 Å². The molecule has 1 N–H and O–H groups in total. The maximum absolute atomic E-state index is 4.49. The molecule has 1 aromatic heterocycles. The molecule has 1 atom stereocenters. The van der Waals surface area contributed by atoms with Gasteiger partial charge >= 0.3 is 0 Å². The van der Waals surface area contributed by atoms with E-state index in [4.69, 9.17) is 0 Å². The van der Waals surface area contributed by atoms with Crippen LogP contribution in [0.15, 0.2) is 40.5 Å². The molecule has 4 heteroatoms. The van der Waals surface area contributed by atoms with Crippen molar-refractivity contribution < 1.29 is 0 Å². The molecule has 0 bridgehead atoms. The standard InChI is InChI=1S/C18H29N3S/c1-9-18(6,21(7)8)13(3)12(2)14(4)19-17-11-10-16(22)15(5)20-17/h10-11,22H,4,9H2,1-3,5-8H3,(H,19,20)/b13-12+. The topological polar surface area (TPSA) is 28.2 Å². The van der Waals surface area contributed by atoms with Gasteiger partial charge in [-0.1, -0.05) is 13.5 Å². The number of aromatic nitrogens is 1. The van der Waals surface area contributed by atoms with E-state index in [1.807, 2.05) is 19.1 Å². The van der Waals surface area contributed by atoms with E-state index in [1.165, 1.54) is 11.1 Å². The Hall–Kier alpha value is -1.26. The van der Waals surface area contributed by atoms with Crippen molar-refractivity contribution in [2.75, 3.05) is 19.4 Å². The van der Waals surface area contributed by atoms with E-state index in [0.29, 0.717) is 0 Å². The van der Waals surface area contributed by atoms with E-state index in [9.17, 15) is 0 Å². The van der Waals surface area contributed by atoms with Crippen molar-refractivity contribution in [3.8, 4) is 0 Å². The third-order valence-electron chi connectivity index (χ3n) is 4.84. The fourth-order valence-electron chi connectivity index (χ4n) is 2.42. The Morgan fingerprint density at radius 1 is 1.36 bits per heavy atom. The summed E-state index contributed by atoms with van der Waals surface area (Å²) in [5, 5.41) is 3.31. The number of likely N-dealkylation sites (N-methyl/N-ethyl adjacent to an activating group) is 1. The highest BCUT2D eigenvalue weighted by molar-refractivity contribution is 7.80. The van der Waals surface area contributed by atoms with Gasteiger partial charge in [-0.3, -0.25) is 0 Å². The SMILES string of the molecule is C=C(Nc1ccc(S)c(C)n1)/C(C)=C(\C)C(C)(CC)N(C)C. The summed E-state index contributed by atoms with van der Waals surface area (Å²) in [6.07, 6.45) is 1.04. The Morgan fingerprint density at radius 2 is 1.95 bits per heavy atom. The number of nitrogens with one attached hydrogen (secondary N) is 1. The second-order valence-electron chi connectivity index (χ2n) is 6.18. The zero-order valence-corrected chi connectivity index (χ0v) is 15.8. The van der Waals surface area contributed by atoms with Crippen LogP contribution in [0.25, 0.3) is 0 Å². The first-order valence-corrected chi connectivity index (χ1v) is 8.06. The van der Waals surface area contributed by atoms with Crippen molar-refractivity contribution >= 4 is 18.4 Å². The average molecular weight is 320 g/mol. The molecular weight excluding hydrogens is 290 g/mol. The van der Waals surface area contributed by atoms with Crippen LogP contribution in [0.3, 0.4) is 0 Å². The molecule has 0 radical (unpaired) electrons. The zero-order valence-electron chi connectivity index (χ0n) is 14.9. The minimum Gasteiger partial charge on any atom is -0.341 e. The summed E-state index contributed by atoms with van der Waals surface area (Å²) >= 11 is 4.35. The number of aryl methyl sites for hydroxylation is 1. The van der Waals surface area contributed by atoms with Gasteiger partial charge in [0.15, 0.2) is 0 Å². The van der Waals surface area contributed by atoms with Crippen LogP contribution in [-0.2, 0) is 0 Å². The molecule has 1 heterocycles. The van der Waals surface area contributed by atoms with Crippen molar-refractivity contribution in [3.05, 3.63) is 41.2 Å². The van der Waals surface area contributed by atoms with Crippen LogP contribution in [0.2, 0.25) is 0 Å². The highest BCUT2D eigenvalue weighted by Gasteiger charge is 2.28. The van der Waals surface area contributed by atoms with E-state index < -0.39 is 0 Å². The molecule has 122 valence electrons. The molecule has 0 saturated carbocycles. The normalized spacial score (nSPS) is 15.3. The second-order valence-corrected chi connectivity index (χ2v) is 6.66. The van der Waals surface area contributed by atoms with E-state index in [-0.39, 0.29) is 5.54 Å². The van der Waals surface area contributed by atoms with Crippen molar-refractivity contribution in [1.82, 2.24) is 9.88 Å². The van der Waals surface area contributed by atoms with Gasteiger partial charge in [-0.2, -0.15) is 0 Å². The van der Waals surface area contributed by atoms with E-state index >= 15 is 0 Å². The molecule has 0 aromatic carbocycles. The molecule has 0 aliphatic carbocycles. The van der Waals surface area contributed by atoms with Gasteiger partial charge in [-0.15, -0.1) is 12.6 Å². The van der Waals surface area contributed by atoms with Crippen LogP contribution in [0.1, 0.15) is 39.8 Å². The van der Waals surface area contributed by atoms with Crippen LogP contribution in [0.4, 0.5) is 5.82 Å². The fourth-order valence-corrected chi connectivity index (χ4v) is 2.54. The Kier molecular flexibility index (Phi) is 6.27. The third kappa shape index (κ3) is 3.93. The smallest absolute Gasteiger partial charge is 0.130 e. The number of anilines is 1. The van der Waals surface area contributed by atoms with Crippen molar-refractivity contribution in [3.63, 3.8) is 0 Å². The molecule has 0 amide bonds. The Labute approximate surface area is 140 Å². The largest absolute Gasteiger partial charge is 0.341 e. The molecule has 3 nitrogen and oxygen atoms in total. The number of rotatable bonds is 6. The summed E-state index contributed by atoms with van der Waals surface area (Å²) in [6, 6.07) is 3.87. The molecule has 1 rings (SSSR count). The first kappa shape index (κ1) is 18.8. The van der Waals surface area contributed by atoms with Crippen LogP contribution in [0, 0.1) is 6.92 Å². The number of pyridine rings is 1. The minimum absolute atomic E-state index is 0.0208. The first-order chi connectivity index (χ1) is 10.1. The highest BCUT2D eigenvalue weighted by atomic mass is 32.1. The number of thiol groups is 1. The van der Waals surface area contributed by atoms with Gasteiger partial charge in [0, 0.05) is 16.1 Å². The van der Waals surface area contributed by atoms with E-state index in [0.717, 1.165) is 28.5 Å². The maximum atomic E-state index is 4.49. The van der Waals surface area contributed by atoms with Gasteiger partial charge in [0.25, 0.3) is 0 Å². The number of hydrogen-bond donors (Lipinski definition) is 2. The minimum atomic E-state index is 0.0208. The highest BCUT2D eigenvalue weighted by Crippen LogP contribution is 2.30. The molecule has 0 aliphatic heterocycles. The van der Waals surface area contributed by atoms with E-state index in [1.54, 1.807) is 0 Å². The number of allylic oxidation sites excluding steroid dienone is 1. The third-order valence-corrected chi connectivity index (χ3v) is 5.31. The molecule has 22 heavy (non-hydrogen) atoms. The quantitative estimate of drug-likeness (QED) is 0.589. The lowest BCUT2D eigenvalue weighted by molar-refractivity contribution is 0.207. The molecule has 0 saturated heterocycles. The molecule has 0 spiro atoms. The van der Waals surface area contributed by atoms with Gasteiger partial charge in [0.1, 0.15) is 5.82 Å². The lowest BCUT2D eigenvalue weighted by Gasteiger charge is -2.38. The predicted octanol–water partition coefficient (Wildman–Crippen LogP) is 4.67. The molecule has 1 aromatic rings. The Bertz CT molecular complexity index is 590. The summed E-state index contributed by atoms with van der Waals surface area (Å²) in [4.78, 5) is 7.65. The number of hydrogen-bond acceptors (Lipinski definition) is 4. The van der Waals surface area contributed by atoms with Gasteiger partial charge in [-0.25, -0.2) is 4.98 Å². The number of nitrogens with zero attached hydrogens (tertiary/aromatic N) is 2. The zero-order chi connectivity index (χ0) is 17.1. The predicted molar refractivity (Wildman–Crippen MR) is 99.7 cm³/mol. The average Bonchev–Trinajstić information content (AvgIpc) is 2.48. The van der Waals surface area contributed by atoms with Crippen LogP contribution >= 0.6 is 12.6 Å². The molecule has 0 aliphatic rings. The molecule has 1 unspecified atom stereocenters. The van der Waals surface area contributed by atoms with Crippen LogP contribution in [0.5, 0.6) is 0 Å². The second kappa shape index (κ2) is 7.34. The van der Waals surface area contributed by atoms with Crippen molar-refractivity contribution in [2.24, 2.45) is 0 Å². The van der Waals surface area contributed by atoms with Gasteiger partial charge in [0.2, 0.25) is 0 Å². The first-order valence-electron chi connectivity index (χ1n) is 7.61. The monoisotopic (exact) mass is 319 g/mol. The molecule has 0 fully saturated rings. The lowest BCUT2D eigenvalue weighted by Crippen LogP contribution is -2.42. The lowest BCUT2D eigenvalue weighted by atomic mass is 9.85. The summed E-state index contributed by atoms with van der Waals surface area (Å²) in [7, 11) is 4.24. The fraction of sp³-hybridized carbons (Fsp3) is 0.500. The van der Waals surface area contributed by atoms with E-state index in [2.05, 4.69) is 76.2 Å². The van der Waals surface area contributed by atoms with Gasteiger partial charge in [0.05, 0.1) is 5.69 Å². The maximum Gasteiger partial charge on any atom is 0.130 e. The summed E-state index contributed by atoms with van der Waals surface area (Å²) in [5.74, 6) is 0.801. The van der Waals surface area contributed by atoms with Gasteiger partial charge < -0.3 is 10.2 Å². The summed E-state index contributed by atoms with van der Waals surface area (Å²) < 4.78 is 0.